The number of benzene rings is 1. The van der Waals surface area contributed by atoms with Gasteiger partial charge in [-0.1, -0.05) is 12.1 Å². The van der Waals surface area contributed by atoms with Gasteiger partial charge in [0.05, 0.1) is 0 Å². The lowest BCUT2D eigenvalue weighted by atomic mass is 9.97. The Morgan fingerprint density at radius 3 is 2.44 bits per heavy atom. The molecule has 0 aromatic heterocycles. The summed E-state index contributed by atoms with van der Waals surface area (Å²) in [6, 6.07) is 8.84. The number of nitrogens with zero attached hydrogens (tertiary/aromatic N) is 1. The Bertz CT molecular complexity index is 344. The molecule has 1 fully saturated rings. The van der Waals surface area contributed by atoms with E-state index < -0.39 is 0 Å². The normalized spacial score (nSPS) is 18.1. The highest BCUT2D eigenvalue weighted by Crippen LogP contribution is 2.17. The van der Waals surface area contributed by atoms with E-state index in [1.54, 1.807) is 0 Å². The van der Waals surface area contributed by atoms with Crippen molar-refractivity contribution in [2.75, 3.05) is 26.2 Å². The molecule has 0 atom stereocenters. The predicted octanol–water partition coefficient (Wildman–Crippen LogP) is 2.93. The summed E-state index contributed by atoms with van der Waals surface area (Å²) in [6.45, 7) is 3.90. The highest BCUT2D eigenvalue weighted by molar-refractivity contribution is 14.1. The molecule has 0 saturated carbocycles. The lowest BCUT2D eigenvalue weighted by Crippen LogP contribution is -2.35. The zero-order valence-electron chi connectivity index (χ0n) is 10.8. The molecule has 18 heavy (non-hydrogen) atoms. The van der Waals surface area contributed by atoms with E-state index in [4.69, 9.17) is 5.11 Å². The van der Waals surface area contributed by atoms with Crippen molar-refractivity contribution in [1.82, 2.24) is 4.90 Å². The summed E-state index contributed by atoms with van der Waals surface area (Å²) in [5, 5.41) is 9.11. The van der Waals surface area contributed by atoms with Crippen molar-refractivity contribution in [2.24, 2.45) is 5.92 Å². The van der Waals surface area contributed by atoms with Gasteiger partial charge in [0.15, 0.2) is 0 Å². The Kier molecular flexibility index (Phi) is 5.92. The van der Waals surface area contributed by atoms with Crippen LogP contribution in [0, 0.1) is 9.49 Å². The Labute approximate surface area is 124 Å². The first-order valence-electron chi connectivity index (χ1n) is 6.85. The lowest BCUT2D eigenvalue weighted by Gasteiger charge is -2.30. The van der Waals surface area contributed by atoms with E-state index in [9.17, 15) is 0 Å². The average molecular weight is 359 g/mol. The molecular formula is C15H22INO. The largest absolute Gasteiger partial charge is 0.396 e. The van der Waals surface area contributed by atoms with Crippen LogP contribution < -0.4 is 0 Å². The molecule has 1 aliphatic heterocycles. The summed E-state index contributed by atoms with van der Waals surface area (Å²) in [5.74, 6) is 0.553. The van der Waals surface area contributed by atoms with E-state index in [2.05, 4.69) is 51.8 Å². The van der Waals surface area contributed by atoms with Crippen LogP contribution in [0.15, 0.2) is 24.3 Å². The molecule has 0 radical (unpaired) electrons. The maximum atomic E-state index is 9.11. The number of piperidine rings is 1. The molecule has 0 spiro atoms. The highest BCUT2D eigenvalue weighted by atomic mass is 127. The van der Waals surface area contributed by atoms with Gasteiger partial charge < -0.3 is 10.0 Å². The Morgan fingerprint density at radius 1 is 1.17 bits per heavy atom. The minimum atomic E-state index is 0.372. The van der Waals surface area contributed by atoms with Crippen LogP contribution in [-0.4, -0.2) is 36.2 Å². The van der Waals surface area contributed by atoms with Crippen LogP contribution >= 0.6 is 22.6 Å². The minimum Gasteiger partial charge on any atom is -0.396 e. The lowest BCUT2D eigenvalue weighted by molar-refractivity contribution is 0.131. The summed E-state index contributed by atoms with van der Waals surface area (Å²) >= 11 is 2.35. The van der Waals surface area contributed by atoms with E-state index in [1.807, 2.05) is 0 Å². The first-order valence-corrected chi connectivity index (χ1v) is 7.93. The number of halogens is 1. The zero-order valence-corrected chi connectivity index (χ0v) is 13.0. The van der Waals surface area contributed by atoms with Crippen molar-refractivity contribution in [3.8, 4) is 0 Å². The van der Waals surface area contributed by atoms with Crippen molar-refractivity contribution in [3.63, 3.8) is 0 Å². The molecule has 0 unspecified atom stereocenters. The summed E-state index contributed by atoms with van der Waals surface area (Å²) in [7, 11) is 0. The molecule has 1 aliphatic rings. The van der Waals surface area contributed by atoms with E-state index in [0.29, 0.717) is 12.5 Å². The Hall–Kier alpha value is -0.130. The third-order valence-corrected chi connectivity index (χ3v) is 4.54. The fourth-order valence-electron chi connectivity index (χ4n) is 2.55. The molecule has 1 aromatic rings. The van der Waals surface area contributed by atoms with Crippen LogP contribution in [0.25, 0.3) is 0 Å². The number of rotatable bonds is 5. The number of aryl methyl sites for hydroxylation is 1. The molecule has 3 heteroatoms. The number of aliphatic hydroxyl groups is 1. The standard InChI is InChI=1S/C15H22INO/c16-15-5-3-13(4-6-15)2-1-9-17-10-7-14(12-18)8-11-17/h3-6,14,18H,1-2,7-12H2. The second-order valence-electron chi connectivity index (χ2n) is 5.20. The molecule has 1 saturated heterocycles. The van der Waals surface area contributed by atoms with Gasteiger partial charge in [0.1, 0.15) is 0 Å². The van der Waals surface area contributed by atoms with Gasteiger partial charge in [-0.2, -0.15) is 0 Å². The number of aliphatic hydroxyl groups excluding tert-OH is 1. The predicted molar refractivity (Wildman–Crippen MR) is 83.7 cm³/mol. The Balaban J connectivity index is 1.65. The van der Waals surface area contributed by atoms with Gasteiger partial charge in [0, 0.05) is 10.2 Å². The first-order chi connectivity index (χ1) is 8.78. The Morgan fingerprint density at radius 2 is 1.83 bits per heavy atom. The van der Waals surface area contributed by atoms with E-state index in [0.717, 1.165) is 13.1 Å². The summed E-state index contributed by atoms with van der Waals surface area (Å²) in [4.78, 5) is 2.54. The maximum Gasteiger partial charge on any atom is 0.0460 e. The van der Waals surface area contributed by atoms with Crippen LogP contribution in [0.2, 0.25) is 0 Å². The SMILES string of the molecule is OCC1CCN(CCCc2ccc(I)cc2)CC1. The van der Waals surface area contributed by atoms with Crippen LogP contribution in [0.1, 0.15) is 24.8 Å². The van der Waals surface area contributed by atoms with Gasteiger partial charge in [-0.3, -0.25) is 0 Å². The number of likely N-dealkylation sites (tertiary alicyclic amines) is 1. The highest BCUT2D eigenvalue weighted by Gasteiger charge is 2.17. The molecule has 1 aromatic carbocycles. The van der Waals surface area contributed by atoms with Gasteiger partial charge in [0.25, 0.3) is 0 Å². The second-order valence-corrected chi connectivity index (χ2v) is 6.44. The molecule has 2 rings (SSSR count). The topological polar surface area (TPSA) is 23.5 Å². The van der Waals surface area contributed by atoms with Crippen molar-refractivity contribution in [2.45, 2.75) is 25.7 Å². The molecule has 1 N–H and O–H groups in total. The monoisotopic (exact) mass is 359 g/mol. The fraction of sp³-hybridized carbons (Fsp3) is 0.600. The molecule has 0 aliphatic carbocycles. The quantitative estimate of drug-likeness (QED) is 0.818. The third-order valence-electron chi connectivity index (χ3n) is 3.82. The van der Waals surface area contributed by atoms with Gasteiger partial charge in [-0.25, -0.2) is 0 Å². The number of hydrogen-bond donors (Lipinski definition) is 1. The molecule has 0 amide bonds. The zero-order chi connectivity index (χ0) is 12.8. The summed E-state index contributed by atoms with van der Waals surface area (Å²) in [6.07, 6.45) is 4.75. The fourth-order valence-corrected chi connectivity index (χ4v) is 2.91. The van der Waals surface area contributed by atoms with Crippen molar-refractivity contribution in [3.05, 3.63) is 33.4 Å². The van der Waals surface area contributed by atoms with E-state index in [-0.39, 0.29) is 0 Å². The van der Waals surface area contributed by atoms with Gasteiger partial charge in [-0.15, -0.1) is 0 Å². The van der Waals surface area contributed by atoms with Crippen LogP contribution in [0.5, 0.6) is 0 Å². The van der Waals surface area contributed by atoms with Crippen molar-refractivity contribution in [1.29, 1.82) is 0 Å². The van der Waals surface area contributed by atoms with Gasteiger partial charge >= 0.3 is 0 Å². The first kappa shape index (κ1) is 14.3. The third kappa shape index (κ3) is 4.52. The van der Waals surface area contributed by atoms with Gasteiger partial charge in [0.2, 0.25) is 0 Å². The van der Waals surface area contributed by atoms with Crippen LogP contribution in [-0.2, 0) is 6.42 Å². The molecular weight excluding hydrogens is 337 g/mol. The molecule has 1 heterocycles. The van der Waals surface area contributed by atoms with Crippen molar-refractivity contribution >= 4 is 22.6 Å². The molecule has 2 nitrogen and oxygen atoms in total. The van der Waals surface area contributed by atoms with Crippen LogP contribution in [0.4, 0.5) is 0 Å². The molecule has 100 valence electrons. The summed E-state index contributed by atoms with van der Waals surface area (Å²) in [5.41, 5.74) is 1.45. The minimum absolute atomic E-state index is 0.372. The van der Waals surface area contributed by atoms with E-state index in [1.165, 1.54) is 41.4 Å². The second kappa shape index (κ2) is 7.46. The van der Waals surface area contributed by atoms with Crippen molar-refractivity contribution < 1.29 is 5.11 Å². The number of hydrogen-bond acceptors (Lipinski definition) is 2. The van der Waals surface area contributed by atoms with E-state index >= 15 is 0 Å². The summed E-state index contributed by atoms with van der Waals surface area (Å²) < 4.78 is 1.31. The van der Waals surface area contributed by atoms with Crippen LogP contribution in [0.3, 0.4) is 0 Å². The van der Waals surface area contributed by atoms with Gasteiger partial charge in [-0.05, 0) is 91.5 Å². The smallest absolute Gasteiger partial charge is 0.0460 e. The molecule has 0 bridgehead atoms. The average Bonchev–Trinajstić information content (AvgIpc) is 2.42. The maximum absolute atomic E-state index is 9.11.